The van der Waals surface area contributed by atoms with E-state index in [1.54, 1.807) is 22.9 Å². The highest BCUT2D eigenvalue weighted by atomic mass is 19.1. The Balaban J connectivity index is 1.58. The van der Waals surface area contributed by atoms with Gasteiger partial charge in [-0.15, -0.1) is 0 Å². The quantitative estimate of drug-likeness (QED) is 0.668. The predicted molar refractivity (Wildman–Crippen MR) is 104 cm³/mol. The summed E-state index contributed by atoms with van der Waals surface area (Å²) >= 11 is 0. The summed E-state index contributed by atoms with van der Waals surface area (Å²) in [5, 5.41) is 3.58. The van der Waals surface area contributed by atoms with Crippen molar-refractivity contribution in [1.82, 2.24) is 9.88 Å². The molecule has 1 aliphatic rings. The van der Waals surface area contributed by atoms with Gasteiger partial charge in [0.05, 0.1) is 11.7 Å². The normalized spacial score (nSPS) is 16.4. The first-order valence-corrected chi connectivity index (χ1v) is 9.39. The summed E-state index contributed by atoms with van der Waals surface area (Å²) in [6.45, 7) is 1.31. The molecule has 0 spiro atoms. The van der Waals surface area contributed by atoms with Crippen molar-refractivity contribution in [2.24, 2.45) is 0 Å². The van der Waals surface area contributed by atoms with E-state index in [2.05, 4.69) is 5.32 Å². The number of hydrogen-bond acceptors (Lipinski definition) is 3. The van der Waals surface area contributed by atoms with Crippen molar-refractivity contribution in [2.45, 2.75) is 25.5 Å². The number of ether oxygens (including phenoxy) is 1. The highest BCUT2D eigenvalue weighted by Crippen LogP contribution is 2.25. The summed E-state index contributed by atoms with van der Waals surface area (Å²) < 4.78 is 21.3. The zero-order valence-corrected chi connectivity index (χ0v) is 15.4. The van der Waals surface area contributed by atoms with Gasteiger partial charge in [0.1, 0.15) is 12.4 Å². The molecule has 144 valence electrons. The summed E-state index contributed by atoms with van der Waals surface area (Å²) in [5.41, 5.74) is 1.16. The first-order chi connectivity index (χ1) is 13.6. The number of nitrogens with zero attached hydrogens (tertiary/aromatic N) is 1. The number of fused-ring (bicyclic) bond motifs is 1. The Bertz CT molecular complexity index is 1020. The molecule has 28 heavy (non-hydrogen) atoms. The predicted octanol–water partition coefficient (Wildman–Crippen LogP) is 3.31. The molecular weight excluding hydrogens is 359 g/mol. The van der Waals surface area contributed by atoms with Crippen molar-refractivity contribution in [3.05, 3.63) is 71.7 Å². The SMILES string of the molecule is O=C(Cn1cc(C(=O)c2ccccc2F)c2ccccc21)NC[C@H]1CCCO1. The largest absolute Gasteiger partial charge is 0.376 e. The first kappa shape index (κ1) is 18.4. The molecule has 1 N–H and O–H groups in total. The van der Waals surface area contributed by atoms with Crippen LogP contribution >= 0.6 is 0 Å². The van der Waals surface area contributed by atoms with E-state index in [1.807, 2.05) is 24.3 Å². The van der Waals surface area contributed by atoms with E-state index in [4.69, 9.17) is 4.74 Å². The number of aromatic nitrogens is 1. The Morgan fingerprint density at radius 1 is 1.11 bits per heavy atom. The number of carbonyl (C=O) groups is 2. The molecule has 2 aromatic carbocycles. The van der Waals surface area contributed by atoms with Crippen LogP contribution in [0.4, 0.5) is 4.39 Å². The Labute approximate surface area is 162 Å². The van der Waals surface area contributed by atoms with Crippen LogP contribution in [-0.4, -0.2) is 35.5 Å². The van der Waals surface area contributed by atoms with Gasteiger partial charge in [0.15, 0.2) is 5.78 Å². The van der Waals surface area contributed by atoms with Crippen molar-refractivity contribution in [3.8, 4) is 0 Å². The van der Waals surface area contributed by atoms with Gasteiger partial charge < -0.3 is 14.6 Å². The van der Waals surface area contributed by atoms with Crippen LogP contribution in [0.25, 0.3) is 10.9 Å². The van der Waals surface area contributed by atoms with Crippen molar-refractivity contribution in [1.29, 1.82) is 0 Å². The molecule has 1 saturated heterocycles. The molecule has 0 unspecified atom stereocenters. The third kappa shape index (κ3) is 3.68. The van der Waals surface area contributed by atoms with Gasteiger partial charge in [0, 0.05) is 35.8 Å². The molecule has 1 fully saturated rings. The summed E-state index contributed by atoms with van der Waals surface area (Å²) in [4.78, 5) is 25.3. The van der Waals surface area contributed by atoms with Gasteiger partial charge >= 0.3 is 0 Å². The molecule has 0 radical (unpaired) electrons. The maximum absolute atomic E-state index is 14.1. The standard InChI is InChI=1S/C22H21FN2O3/c23-19-9-3-1-8-17(19)22(27)18-13-25(20-10-4-2-7-16(18)20)14-21(26)24-12-15-6-5-11-28-15/h1-4,7-10,13,15H,5-6,11-12,14H2,(H,24,26)/t15-/m1/s1. The van der Waals surface area contributed by atoms with Crippen molar-refractivity contribution in [2.75, 3.05) is 13.2 Å². The molecule has 1 atom stereocenters. The van der Waals surface area contributed by atoms with Gasteiger partial charge in [-0.25, -0.2) is 4.39 Å². The van der Waals surface area contributed by atoms with Crippen LogP contribution in [0.5, 0.6) is 0 Å². The number of carbonyl (C=O) groups excluding carboxylic acids is 2. The van der Waals surface area contributed by atoms with Crippen LogP contribution in [-0.2, 0) is 16.1 Å². The molecule has 1 aromatic heterocycles. The number of nitrogens with one attached hydrogen (secondary N) is 1. The van der Waals surface area contributed by atoms with E-state index < -0.39 is 11.6 Å². The maximum atomic E-state index is 14.1. The number of amides is 1. The van der Waals surface area contributed by atoms with Crippen LogP contribution < -0.4 is 5.32 Å². The van der Waals surface area contributed by atoms with Crippen LogP contribution in [0.1, 0.15) is 28.8 Å². The van der Waals surface area contributed by atoms with Gasteiger partial charge in [0.2, 0.25) is 5.91 Å². The van der Waals surface area contributed by atoms with Gasteiger partial charge in [-0.1, -0.05) is 30.3 Å². The number of benzene rings is 2. The van der Waals surface area contributed by atoms with Crippen molar-refractivity contribution < 1.29 is 18.7 Å². The highest BCUT2D eigenvalue weighted by Gasteiger charge is 2.20. The summed E-state index contributed by atoms with van der Waals surface area (Å²) in [7, 11) is 0. The molecule has 0 aliphatic carbocycles. The van der Waals surface area contributed by atoms with Gasteiger partial charge in [-0.05, 0) is 31.0 Å². The van der Waals surface area contributed by atoms with E-state index in [0.29, 0.717) is 17.5 Å². The molecule has 3 aromatic rings. The average molecular weight is 380 g/mol. The van der Waals surface area contributed by atoms with Crippen LogP contribution in [0.15, 0.2) is 54.7 Å². The van der Waals surface area contributed by atoms with Gasteiger partial charge in [0.25, 0.3) is 0 Å². The van der Waals surface area contributed by atoms with Crippen molar-refractivity contribution >= 4 is 22.6 Å². The smallest absolute Gasteiger partial charge is 0.240 e. The topological polar surface area (TPSA) is 60.3 Å². The first-order valence-electron chi connectivity index (χ1n) is 9.39. The molecule has 2 heterocycles. The monoisotopic (exact) mass is 380 g/mol. The summed E-state index contributed by atoms with van der Waals surface area (Å²) in [6, 6.07) is 13.2. The van der Waals surface area contributed by atoms with E-state index >= 15 is 0 Å². The maximum Gasteiger partial charge on any atom is 0.240 e. The fourth-order valence-corrected chi connectivity index (χ4v) is 3.59. The number of ketones is 1. The number of para-hydroxylation sites is 1. The van der Waals surface area contributed by atoms with E-state index in [0.717, 1.165) is 25.0 Å². The minimum absolute atomic E-state index is 0.0215. The van der Waals surface area contributed by atoms with Gasteiger partial charge in [-0.2, -0.15) is 0 Å². The van der Waals surface area contributed by atoms with Crippen LogP contribution in [0, 0.1) is 5.82 Å². The number of halogens is 1. The van der Waals surface area contributed by atoms with Crippen molar-refractivity contribution in [3.63, 3.8) is 0 Å². The lowest BCUT2D eigenvalue weighted by molar-refractivity contribution is -0.122. The molecule has 5 nitrogen and oxygen atoms in total. The highest BCUT2D eigenvalue weighted by molar-refractivity contribution is 6.16. The molecular formula is C22H21FN2O3. The van der Waals surface area contributed by atoms with E-state index in [9.17, 15) is 14.0 Å². The summed E-state index contributed by atoms with van der Waals surface area (Å²) in [5.74, 6) is -1.10. The number of hydrogen-bond donors (Lipinski definition) is 1. The Hall–Kier alpha value is -2.99. The third-order valence-corrected chi connectivity index (χ3v) is 5.02. The number of rotatable bonds is 6. The molecule has 0 saturated carbocycles. The Kier molecular flexibility index (Phi) is 5.21. The molecule has 1 amide bonds. The molecule has 1 aliphatic heterocycles. The second-order valence-electron chi connectivity index (χ2n) is 6.94. The lowest BCUT2D eigenvalue weighted by Crippen LogP contribution is -2.34. The van der Waals surface area contributed by atoms with Crippen LogP contribution in [0.3, 0.4) is 0 Å². The fourth-order valence-electron chi connectivity index (χ4n) is 3.59. The molecule has 0 bridgehead atoms. The summed E-state index contributed by atoms with van der Waals surface area (Å²) in [6.07, 6.45) is 3.67. The van der Waals surface area contributed by atoms with Gasteiger partial charge in [-0.3, -0.25) is 9.59 Å². The van der Waals surface area contributed by atoms with E-state index in [-0.39, 0.29) is 24.1 Å². The minimum atomic E-state index is -0.557. The zero-order valence-electron chi connectivity index (χ0n) is 15.4. The third-order valence-electron chi connectivity index (χ3n) is 5.02. The Morgan fingerprint density at radius 3 is 2.68 bits per heavy atom. The minimum Gasteiger partial charge on any atom is -0.376 e. The molecule has 6 heteroatoms. The fraction of sp³-hybridized carbons (Fsp3) is 0.273. The Morgan fingerprint density at radius 2 is 1.89 bits per heavy atom. The lowest BCUT2D eigenvalue weighted by Gasteiger charge is -2.11. The van der Waals surface area contributed by atoms with Crippen LogP contribution in [0.2, 0.25) is 0 Å². The second-order valence-corrected chi connectivity index (χ2v) is 6.94. The van der Waals surface area contributed by atoms with E-state index in [1.165, 1.54) is 12.1 Å². The zero-order chi connectivity index (χ0) is 19.5. The lowest BCUT2D eigenvalue weighted by atomic mass is 10.0. The average Bonchev–Trinajstić information content (AvgIpc) is 3.35. The molecule has 4 rings (SSSR count). The second kappa shape index (κ2) is 7.94.